The van der Waals surface area contributed by atoms with Crippen molar-refractivity contribution >= 4 is 16.0 Å². The quantitative estimate of drug-likeness (QED) is 0.690. The molecule has 1 aromatic carbocycles. The van der Waals surface area contributed by atoms with Crippen molar-refractivity contribution in [1.29, 1.82) is 0 Å². The first-order chi connectivity index (χ1) is 9.90. The lowest BCUT2D eigenvalue weighted by molar-refractivity contribution is -0.140. The van der Waals surface area contributed by atoms with Crippen molar-refractivity contribution < 1.29 is 17.9 Å². The van der Waals surface area contributed by atoms with Crippen LogP contribution in [-0.2, 0) is 26.1 Å². The number of carbonyl (C=O) groups is 1. The number of carbonyl (C=O) groups excluding carboxylic acids is 1. The highest BCUT2D eigenvalue weighted by Gasteiger charge is 2.21. The number of hydrogen-bond donors (Lipinski definition) is 0. The molecule has 0 heterocycles. The molecule has 0 spiro atoms. The molecule has 0 bridgehead atoms. The van der Waals surface area contributed by atoms with Gasteiger partial charge in [-0.2, -0.15) is 4.31 Å². The lowest BCUT2D eigenvalue weighted by atomic mass is 10.1. The summed E-state index contributed by atoms with van der Waals surface area (Å²) in [7, 11) is -2.07. The van der Waals surface area contributed by atoms with Crippen molar-refractivity contribution in [2.45, 2.75) is 33.2 Å². The molecule has 5 nitrogen and oxygen atoms in total. The lowest BCUT2D eigenvalue weighted by Crippen LogP contribution is -2.32. The molecule has 118 valence electrons. The predicted octanol–water partition coefficient (Wildman–Crippen LogP) is 2.10. The van der Waals surface area contributed by atoms with Gasteiger partial charge in [0.25, 0.3) is 0 Å². The van der Waals surface area contributed by atoms with E-state index in [1.165, 1.54) is 11.4 Å². The minimum Gasteiger partial charge on any atom is -0.469 e. The van der Waals surface area contributed by atoms with Gasteiger partial charge in [-0.1, -0.05) is 31.2 Å². The first-order valence-electron chi connectivity index (χ1n) is 7.00. The molecule has 0 aliphatic carbocycles. The van der Waals surface area contributed by atoms with Gasteiger partial charge >= 0.3 is 5.97 Å². The lowest BCUT2D eigenvalue weighted by Gasteiger charge is -2.21. The van der Waals surface area contributed by atoms with Crippen LogP contribution in [0.25, 0.3) is 0 Å². The number of esters is 1. The fourth-order valence-corrected chi connectivity index (χ4v) is 3.51. The van der Waals surface area contributed by atoms with Gasteiger partial charge in [0.1, 0.15) is 0 Å². The summed E-state index contributed by atoms with van der Waals surface area (Å²) in [5.74, 6) is -0.422. The second-order valence-corrected chi connectivity index (χ2v) is 6.94. The van der Waals surface area contributed by atoms with Crippen LogP contribution in [0.5, 0.6) is 0 Å². The number of nitrogens with zero attached hydrogens (tertiary/aromatic N) is 1. The Morgan fingerprint density at radius 3 is 2.52 bits per heavy atom. The van der Waals surface area contributed by atoms with Gasteiger partial charge in [-0.25, -0.2) is 8.42 Å². The van der Waals surface area contributed by atoms with E-state index in [9.17, 15) is 13.2 Å². The van der Waals surface area contributed by atoms with E-state index in [4.69, 9.17) is 0 Å². The second-order valence-electron chi connectivity index (χ2n) is 4.85. The molecule has 21 heavy (non-hydrogen) atoms. The molecule has 0 aromatic heterocycles. The molecule has 0 atom stereocenters. The molecule has 0 saturated heterocycles. The van der Waals surface area contributed by atoms with E-state index in [1.807, 2.05) is 38.1 Å². The molecule has 1 rings (SSSR count). The third-order valence-electron chi connectivity index (χ3n) is 3.36. The summed E-state index contributed by atoms with van der Waals surface area (Å²) < 4.78 is 30.6. The van der Waals surface area contributed by atoms with Crippen molar-refractivity contribution in [3.05, 3.63) is 35.4 Å². The normalized spacial score (nSPS) is 11.6. The number of rotatable bonds is 8. The van der Waals surface area contributed by atoms with Gasteiger partial charge in [0, 0.05) is 19.5 Å². The molecule has 1 aromatic rings. The fourth-order valence-electron chi connectivity index (χ4n) is 2.01. The number of methoxy groups -OCH3 is 1. The van der Waals surface area contributed by atoms with E-state index in [-0.39, 0.29) is 24.6 Å². The smallest absolute Gasteiger partial charge is 0.305 e. The highest BCUT2D eigenvalue weighted by molar-refractivity contribution is 7.89. The summed E-state index contributed by atoms with van der Waals surface area (Å²) in [5, 5.41) is 0. The molecule has 0 fully saturated rings. The summed E-state index contributed by atoms with van der Waals surface area (Å²) in [6.07, 6.45) is 0.400. The predicted molar refractivity (Wildman–Crippen MR) is 82.3 cm³/mol. The van der Waals surface area contributed by atoms with Crippen LogP contribution in [0.1, 0.15) is 30.9 Å². The van der Waals surface area contributed by atoms with Crippen molar-refractivity contribution in [2.75, 3.05) is 19.4 Å². The molecule has 0 aliphatic heterocycles. The van der Waals surface area contributed by atoms with Crippen LogP contribution in [0, 0.1) is 6.92 Å². The largest absolute Gasteiger partial charge is 0.469 e. The zero-order valence-corrected chi connectivity index (χ0v) is 13.6. The van der Waals surface area contributed by atoms with Gasteiger partial charge in [0.15, 0.2) is 0 Å². The Balaban J connectivity index is 2.70. The van der Waals surface area contributed by atoms with E-state index in [0.717, 1.165) is 11.1 Å². The summed E-state index contributed by atoms with van der Waals surface area (Å²) in [4.78, 5) is 11.0. The number of ether oxygens (including phenoxy) is 1. The zero-order chi connectivity index (χ0) is 15.9. The molecule has 0 saturated carbocycles. The van der Waals surface area contributed by atoms with Crippen LogP contribution >= 0.6 is 0 Å². The minimum absolute atomic E-state index is 0.0399. The van der Waals surface area contributed by atoms with Crippen molar-refractivity contribution in [3.8, 4) is 0 Å². The molecule has 0 radical (unpaired) electrons. The minimum atomic E-state index is -3.37. The van der Waals surface area contributed by atoms with Gasteiger partial charge in [-0.05, 0) is 24.5 Å². The molecule has 0 aliphatic rings. The summed E-state index contributed by atoms with van der Waals surface area (Å²) >= 11 is 0. The van der Waals surface area contributed by atoms with E-state index >= 15 is 0 Å². The Bertz CT molecular complexity index is 569. The molecular formula is C15H23NO4S. The average Bonchev–Trinajstić information content (AvgIpc) is 2.45. The maximum atomic E-state index is 12.3. The van der Waals surface area contributed by atoms with Gasteiger partial charge in [-0.15, -0.1) is 0 Å². The number of aryl methyl sites for hydroxylation is 1. The topological polar surface area (TPSA) is 63.7 Å². The Morgan fingerprint density at radius 2 is 1.95 bits per heavy atom. The molecular weight excluding hydrogens is 290 g/mol. The first kappa shape index (κ1) is 17.7. The van der Waals surface area contributed by atoms with Crippen LogP contribution in [0.2, 0.25) is 0 Å². The number of hydrogen-bond acceptors (Lipinski definition) is 4. The highest BCUT2D eigenvalue weighted by atomic mass is 32.2. The zero-order valence-electron chi connectivity index (χ0n) is 12.8. The van der Waals surface area contributed by atoms with Crippen molar-refractivity contribution in [1.82, 2.24) is 4.31 Å². The molecule has 6 heteroatoms. The second kappa shape index (κ2) is 8.14. The monoisotopic (exact) mass is 313 g/mol. The molecule has 0 N–H and O–H groups in total. The Morgan fingerprint density at radius 1 is 1.29 bits per heavy atom. The Kier molecular flexibility index (Phi) is 6.84. The first-order valence-corrected chi connectivity index (χ1v) is 8.60. The third kappa shape index (κ3) is 5.47. The fraction of sp³-hybridized carbons (Fsp3) is 0.533. The van der Waals surface area contributed by atoms with Gasteiger partial charge in [0.2, 0.25) is 10.0 Å². The Hall–Kier alpha value is -1.40. The number of sulfonamides is 1. The summed E-state index contributed by atoms with van der Waals surface area (Å²) in [5.41, 5.74) is 2.07. The summed E-state index contributed by atoms with van der Waals surface area (Å²) in [6, 6.07) is 7.73. The highest BCUT2D eigenvalue weighted by Crippen LogP contribution is 2.14. The van der Waals surface area contributed by atoms with Crippen LogP contribution in [-0.4, -0.2) is 38.1 Å². The Labute approximate surface area is 127 Å². The SMILES string of the molecule is CCN(Cc1ccccc1C)S(=O)(=O)CCCC(=O)OC. The van der Waals surface area contributed by atoms with Gasteiger partial charge < -0.3 is 4.74 Å². The van der Waals surface area contributed by atoms with E-state index in [2.05, 4.69) is 4.74 Å². The molecule has 0 amide bonds. The van der Waals surface area contributed by atoms with Crippen molar-refractivity contribution in [3.63, 3.8) is 0 Å². The van der Waals surface area contributed by atoms with Crippen LogP contribution in [0.3, 0.4) is 0 Å². The van der Waals surface area contributed by atoms with E-state index in [1.54, 1.807) is 0 Å². The van der Waals surface area contributed by atoms with Crippen LogP contribution in [0.15, 0.2) is 24.3 Å². The van der Waals surface area contributed by atoms with Gasteiger partial charge in [-0.3, -0.25) is 4.79 Å². The maximum Gasteiger partial charge on any atom is 0.305 e. The van der Waals surface area contributed by atoms with Crippen LogP contribution in [0.4, 0.5) is 0 Å². The third-order valence-corrected chi connectivity index (χ3v) is 5.34. The number of benzene rings is 1. The van der Waals surface area contributed by atoms with Gasteiger partial charge in [0.05, 0.1) is 12.9 Å². The van der Waals surface area contributed by atoms with E-state index < -0.39 is 10.0 Å². The molecule has 0 unspecified atom stereocenters. The maximum absolute atomic E-state index is 12.3. The standard InChI is InChI=1S/C15H23NO4S/c1-4-16(12-14-9-6-5-8-13(14)2)21(18,19)11-7-10-15(17)20-3/h5-6,8-9H,4,7,10-12H2,1-3H3. The van der Waals surface area contributed by atoms with Crippen LogP contribution < -0.4 is 0 Å². The van der Waals surface area contributed by atoms with E-state index in [0.29, 0.717) is 13.1 Å². The van der Waals surface area contributed by atoms with Crippen molar-refractivity contribution in [2.24, 2.45) is 0 Å². The summed E-state index contributed by atoms with van der Waals surface area (Å²) in [6.45, 7) is 4.56. The average molecular weight is 313 g/mol.